The van der Waals surface area contributed by atoms with Crippen LogP contribution in [-0.4, -0.2) is 13.0 Å². The van der Waals surface area contributed by atoms with Gasteiger partial charge in [-0.15, -0.1) is 0 Å². The lowest BCUT2D eigenvalue weighted by molar-refractivity contribution is 0.102. The Kier molecular flexibility index (Phi) is 4.16. The van der Waals surface area contributed by atoms with Crippen LogP contribution < -0.4 is 10.1 Å². The average Bonchev–Trinajstić information content (AvgIpc) is 2.39. The fourth-order valence-corrected chi connectivity index (χ4v) is 2.09. The molecule has 2 rings (SSSR count). The van der Waals surface area contributed by atoms with Gasteiger partial charge in [0.1, 0.15) is 11.6 Å². The normalized spacial score (nSPS) is 10.1. The van der Waals surface area contributed by atoms with Gasteiger partial charge in [0.15, 0.2) is 0 Å². The Morgan fingerprint density at radius 2 is 1.89 bits per heavy atom. The van der Waals surface area contributed by atoms with Crippen molar-refractivity contribution in [3.05, 3.63) is 58.3 Å². The number of rotatable bonds is 3. The second kappa shape index (κ2) is 5.84. The minimum atomic E-state index is -0.372. The first-order chi connectivity index (χ1) is 9.10. The van der Waals surface area contributed by atoms with E-state index in [1.807, 2.05) is 0 Å². The van der Waals surface area contributed by atoms with Gasteiger partial charge in [0.25, 0.3) is 5.91 Å². The van der Waals surface area contributed by atoms with Crippen molar-refractivity contribution in [1.29, 1.82) is 0 Å². The smallest absolute Gasteiger partial charge is 0.255 e. The van der Waals surface area contributed by atoms with E-state index >= 15 is 0 Å². The van der Waals surface area contributed by atoms with Crippen LogP contribution >= 0.6 is 15.9 Å². The molecule has 19 heavy (non-hydrogen) atoms. The zero-order valence-electron chi connectivity index (χ0n) is 10.1. The summed E-state index contributed by atoms with van der Waals surface area (Å²) in [6, 6.07) is 10.6. The molecule has 0 fully saturated rings. The molecule has 1 amide bonds. The largest absolute Gasteiger partial charge is 0.496 e. The van der Waals surface area contributed by atoms with Crippen LogP contribution in [0.15, 0.2) is 46.9 Å². The van der Waals surface area contributed by atoms with Gasteiger partial charge in [-0.1, -0.05) is 0 Å². The number of amides is 1. The standard InChI is InChI=1S/C14H11BrFNO2/c1-19-13-7-6-11(8-12(13)15)17-14(18)9-2-4-10(16)5-3-9/h2-8H,1H3,(H,17,18). The number of carbonyl (C=O) groups is 1. The molecular formula is C14H11BrFNO2. The first kappa shape index (κ1) is 13.5. The number of anilines is 1. The molecule has 0 saturated heterocycles. The van der Waals surface area contributed by atoms with Crippen LogP contribution in [0, 0.1) is 5.82 Å². The van der Waals surface area contributed by atoms with E-state index in [0.29, 0.717) is 17.0 Å². The molecule has 0 aliphatic carbocycles. The van der Waals surface area contributed by atoms with Crippen LogP contribution in [0.2, 0.25) is 0 Å². The van der Waals surface area contributed by atoms with Crippen LogP contribution in [0.3, 0.4) is 0 Å². The van der Waals surface area contributed by atoms with Crippen molar-refractivity contribution in [1.82, 2.24) is 0 Å². The molecule has 2 aromatic rings. The van der Waals surface area contributed by atoms with Crippen molar-refractivity contribution in [3.8, 4) is 5.75 Å². The molecule has 0 aromatic heterocycles. The fourth-order valence-electron chi connectivity index (χ4n) is 1.55. The van der Waals surface area contributed by atoms with Gasteiger partial charge in [0.05, 0.1) is 11.6 Å². The summed E-state index contributed by atoms with van der Waals surface area (Å²) < 4.78 is 18.6. The highest BCUT2D eigenvalue weighted by Crippen LogP contribution is 2.27. The maximum absolute atomic E-state index is 12.8. The molecule has 0 spiro atoms. The average molecular weight is 324 g/mol. The van der Waals surface area contributed by atoms with Gasteiger partial charge in [-0.05, 0) is 58.4 Å². The van der Waals surface area contributed by atoms with Crippen LogP contribution in [-0.2, 0) is 0 Å². The Bertz CT molecular complexity index is 599. The van der Waals surface area contributed by atoms with Crippen molar-refractivity contribution < 1.29 is 13.9 Å². The Morgan fingerprint density at radius 1 is 1.21 bits per heavy atom. The third-order valence-corrected chi connectivity index (χ3v) is 3.14. The third-order valence-electron chi connectivity index (χ3n) is 2.52. The van der Waals surface area contributed by atoms with E-state index in [9.17, 15) is 9.18 Å². The van der Waals surface area contributed by atoms with Gasteiger partial charge in [-0.2, -0.15) is 0 Å². The zero-order valence-corrected chi connectivity index (χ0v) is 11.7. The summed E-state index contributed by atoms with van der Waals surface area (Å²) in [5.41, 5.74) is 1.02. The Balaban J connectivity index is 2.14. The maximum atomic E-state index is 12.8. The van der Waals surface area contributed by atoms with Crippen molar-refractivity contribution in [2.24, 2.45) is 0 Å². The molecule has 1 N–H and O–H groups in total. The molecule has 0 aliphatic rings. The van der Waals surface area contributed by atoms with Gasteiger partial charge in [-0.3, -0.25) is 4.79 Å². The molecule has 0 heterocycles. The SMILES string of the molecule is COc1ccc(NC(=O)c2ccc(F)cc2)cc1Br. The van der Waals surface area contributed by atoms with Crippen molar-refractivity contribution >= 4 is 27.5 Å². The first-order valence-corrected chi connectivity index (χ1v) is 6.30. The van der Waals surface area contributed by atoms with Gasteiger partial charge in [0, 0.05) is 11.3 Å². The van der Waals surface area contributed by atoms with Gasteiger partial charge in [-0.25, -0.2) is 4.39 Å². The predicted octanol–water partition coefficient (Wildman–Crippen LogP) is 3.85. The Morgan fingerprint density at radius 3 is 2.47 bits per heavy atom. The highest BCUT2D eigenvalue weighted by atomic mass is 79.9. The minimum Gasteiger partial charge on any atom is -0.496 e. The molecule has 5 heteroatoms. The van der Waals surface area contributed by atoms with Crippen molar-refractivity contribution in [2.75, 3.05) is 12.4 Å². The summed E-state index contributed by atoms with van der Waals surface area (Å²) in [6.07, 6.45) is 0. The first-order valence-electron chi connectivity index (χ1n) is 5.50. The highest BCUT2D eigenvalue weighted by molar-refractivity contribution is 9.10. The number of benzene rings is 2. The molecule has 3 nitrogen and oxygen atoms in total. The second-order valence-corrected chi connectivity index (χ2v) is 4.66. The highest BCUT2D eigenvalue weighted by Gasteiger charge is 2.07. The number of ether oxygens (including phenoxy) is 1. The van der Waals surface area contributed by atoms with Crippen LogP contribution in [0.4, 0.5) is 10.1 Å². The van der Waals surface area contributed by atoms with E-state index in [-0.39, 0.29) is 11.7 Å². The molecule has 0 saturated carbocycles. The van der Waals surface area contributed by atoms with Gasteiger partial charge in [0.2, 0.25) is 0 Å². The van der Waals surface area contributed by atoms with Crippen LogP contribution in [0.25, 0.3) is 0 Å². The monoisotopic (exact) mass is 323 g/mol. The van der Waals surface area contributed by atoms with E-state index in [0.717, 1.165) is 4.47 Å². The summed E-state index contributed by atoms with van der Waals surface area (Å²) in [5.74, 6) is 0.0144. The Hall–Kier alpha value is -1.88. The number of hydrogen-bond donors (Lipinski definition) is 1. The molecule has 0 radical (unpaired) electrons. The van der Waals surface area contributed by atoms with Crippen molar-refractivity contribution in [3.63, 3.8) is 0 Å². The molecular weight excluding hydrogens is 313 g/mol. The summed E-state index contributed by atoms with van der Waals surface area (Å²) in [6.45, 7) is 0. The zero-order chi connectivity index (χ0) is 13.8. The summed E-state index contributed by atoms with van der Waals surface area (Å²) in [4.78, 5) is 11.9. The lowest BCUT2D eigenvalue weighted by Gasteiger charge is -2.08. The number of nitrogens with one attached hydrogen (secondary N) is 1. The second-order valence-electron chi connectivity index (χ2n) is 3.81. The molecule has 0 unspecified atom stereocenters. The predicted molar refractivity (Wildman–Crippen MR) is 75.0 cm³/mol. The number of methoxy groups -OCH3 is 1. The van der Waals surface area contributed by atoms with Crippen LogP contribution in [0.5, 0.6) is 5.75 Å². The minimum absolute atomic E-state index is 0.294. The Labute approximate surface area is 118 Å². The van der Waals surface area contributed by atoms with E-state index in [1.165, 1.54) is 24.3 Å². The van der Waals surface area contributed by atoms with E-state index < -0.39 is 0 Å². The quantitative estimate of drug-likeness (QED) is 0.931. The summed E-state index contributed by atoms with van der Waals surface area (Å²) >= 11 is 3.34. The molecule has 0 aliphatic heterocycles. The lowest BCUT2D eigenvalue weighted by Crippen LogP contribution is -2.11. The van der Waals surface area contributed by atoms with E-state index in [1.54, 1.807) is 25.3 Å². The van der Waals surface area contributed by atoms with Crippen molar-refractivity contribution in [2.45, 2.75) is 0 Å². The van der Waals surface area contributed by atoms with E-state index in [2.05, 4.69) is 21.2 Å². The van der Waals surface area contributed by atoms with Gasteiger partial charge >= 0.3 is 0 Å². The summed E-state index contributed by atoms with van der Waals surface area (Å²) in [5, 5.41) is 2.72. The summed E-state index contributed by atoms with van der Waals surface area (Å²) in [7, 11) is 1.57. The topological polar surface area (TPSA) is 38.3 Å². The number of halogens is 2. The van der Waals surface area contributed by atoms with Gasteiger partial charge < -0.3 is 10.1 Å². The molecule has 0 bridgehead atoms. The number of hydrogen-bond acceptors (Lipinski definition) is 2. The van der Waals surface area contributed by atoms with E-state index in [4.69, 9.17) is 4.74 Å². The molecule has 2 aromatic carbocycles. The third kappa shape index (κ3) is 3.32. The number of carbonyl (C=O) groups excluding carboxylic acids is 1. The maximum Gasteiger partial charge on any atom is 0.255 e. The lowest BCUT2D eigenvalue weighted by atomic mass is 10.2. The molecule has 98 valence electrons. The fraction of sp³-hybridized carbons (Fsp3) is 0.0714. The van der Waals surface area contributed by atoms with Crippen LogP contribution in [0.1, 0.15) is 10.4 Å². The molecule has 0 atom stereocenters.